The van der Waals surface area contributed by atoms with Gasteiger partial charge >= 0.3 is 5.97 Å². The van der Waals surface area contributed by atoms with E-state index in [2.05, 4.69) is 10.3 Å². The number of halogens is 3. The molecule has 2 rings (SSSR count). The number of nitrogens with zero attached hydrogens (tertiary/aromatic N) is 1. The molecule has 0 bridgehead atoms. The number of carboxylic acids is 1. The van der Waals surface area contributed by atoms with Crippen LogP contribution in [0.1, 0.15) is 20.8 Å². The summed E-state index contributed by atoms with van der Waals surface area (Å²) in [6.07, 6.45) is 0. The summed E-state index contributed by atoms with van der Waals surface area (Å²) in [5.41, 5.74) is 0.0650. The van der Waals surface area contributed by atoms with Crippen molar-refractivity contribution in [3.8, 4) is 0 Å². The Morgan fingerprint density at radius 3 is 2.38 bits per heavy atom. The lowest BCUT2D eigenvalue weighted by atomic mass is 10.2. The second kappa shape index (κ2) is 6.30. The van der Waals surface area contributed by atoms with Crippen molar-refractivity contribution in [3.63, 3.8) is 0 Å². The lowest BCUT2D eigenvalue weighted by molar-refractivity contribution is 0.0696. The summed E-state index contributed by atoms with van der Waals surface area (Å²) in [4.78, 5) is 26.9. The quantitative estimate of drug-likeness (QED) is 0.824. The molecule has 0 unspecified atom stereocenters. The van der Waals surface area contributed by atoms with Crippen molar-refractivity contribution >= 4 is 52.4 Å². The van der Waals surface area contributed by atoms with E-state index in [1.807, 2.05) is 0 Å². The van der Waals surface area contributed by atoms with Crippen molar-refractivity contribution in [2.75, 3.05) is 5.32 Å². The zero-order valence-electron chi connectivity index (χ0n) is 10.2. The van der Waals surface area contributed by atoms with E-state index in [1.165, 1.54) is 30.3 Å². The highest BCUT2D eigenvalue weighted by molar-refractivity contribution is 6.35. The van der Waals surface area contributed by atoms with Gasteiger partial charge in [0.2, 0.25) is 0 Å². The Balaban J connectivity index is 2.29. The molecule has 1 aromatic heterocycles. The lowest BCUT2D eigenvalue weighted by Gasteiger charge is -2.08. The van der Waals surface area contributed by atoms with Gasteiger partial charge in [0.25, 0.3) is 5.91 Å². The second-order valence-corrected chi connectivity index (χ2v) is 5.12. The van der Waals surface area contributed by atoms with Crippen LogP contribution in [0.5, 0.6) is 0 Å². The molecular weight excluding hydrogens is 339 g/mol. The first-order valence-corrected chi connectivity index (χ1v) is 6.68. The average Bonchev–Trinajstić information content (AvgIpc) is 2.43. The number of pyridine rings is 1. The Bertz CT molecular complexity index is 735. The van der Waals surface area contributed by atoms with Gasteiger partial charge in [-0.05, 0) is 30.3 Å². The molecule has 5 nitrogen and oxygen atoms in total. The number of amides is 1. The monoisotopic (exact) mass is 344 g/mol. The second-order valence-electron chi connectivity index (χ2n) is 3.92. The fraction of sp³-hybridized carbons (Fsp3) is 0. The van der Waals surface area contributed by atoms with Gasteiger partial charge in [0.1, 0.15) is 10.8 Å². The molecular formula is C13H7Cl3N2O3. The third-order valence-corrected chi connectivity index (χ3v) is 3.33. The first-order valence-electron chi connectivity index (χ1n) is 5.54. The van der Waals surface area contributed by atoms with Crippen molar-refractivity contribution in [1.29, 1.82) is 0 Å². The van der Waals surface area contributed by atoms with Crippen LogP contribution in [0.3, 0.4) is 0 Å². The molecule has 0 aliphatic rings. The number of rotatable bonds is 3. The molecule has 0 aliphatic heterocycles. The molecule has 1 amide bonds. The summed E-state index contributed by atoms with van der Waals surface area (Å²) in [6, 6.07) is 6.96. The Morgan fingerprint density at radius 1 is 1.05 bits per heavy atom. The molecule has 108 valence electrons. The minimum absolute atomic E-state index is 0.0593. The largest absolute Gasteiger partial charge is 0.478 e. The van der Waals surface area contributed by atoms with Crippen molar-refractivity contribution in [2.45, 2.75) is 0 Å². The van der Waals surface area contributed by atoms with E-state index in [0.29, 0.717) is 0 Å². The summed E-state index contributed by atoms with van der Waals surface area (Å²) in [6.45, 7) is 0. The molecule has 0 fully saturated rings. The Kier molecular flexibility index (Phi) is 4.67. The topological polar surface area (TPSA) is 79.3 Å². The lowest BCUT2D eigenvalue weighted by Crippen LogP contribution is -2.15. The van der Waals surface area contributed by atoms with Crippen molar-refractivity contribution < 1.29 is 14.7 Å². The van der Waals surface area contributed by atoms with Crippen LogP contribution in [0.4, 0.5) is 5.69 Å². The van der Waals surface area contributed by atoms with Gasteiger partial charge < -0.3 is 10.4 Å². The molecule has 2 aromatic rings. The molecule has 0 saturated carbocycles. The van der Waals surface area contributed by atoms with Crippen LogP contribution in [-0.2, 0) is 0 Å². The zero-order chi connectivity index (χ0) is 15.6. The number of aromatic carboxylic acids is 1. The van der Waals surface area contributed by atoms with Crippen molar-refractivity contribution in [3.05, 3.63) is 56.8 Å². The van der Waals surface area contributed by atoms with Crippen LogP contribution < -0.4 is 5.32 Å². The number of carboxylic acid groups (broad SMARTS) is 1. The van der Waals surface area contributed by atoms with Gasteiger partial charge in [-0.1, -0.05) is 34.8 Å². The first-order chi connectivity index (χ1) is 9.88. The smallest absolute Gasteiger partial charge is 0.337 e. The maximum atomic E-state index is 12.1. The Labute approximate surface area is 134 Å². The zero-order valence-corrected chi connectivity index (χ0v) is 12.5. The summed E-state index contributed by atoms with van der Waals surface area (Å²) < 4.78 is 0. The maximum Gasteiger partial charge on any atom is 0.337 e. The van der Waals surface area contributed by atoms with Gasteiger partial charge in [-0.15, -0.1) is 0 Å². The molecule has 1 aromatic carbocycles. The molecule has 21 heavy (non-hydrogen) atoms. The number of hydrogen-bond donors (Lipinski definition) is 2. The predicted molar refractivity (Wildman–Crippen MR) is 80.6 cm³/mol. The highest BCUT2D eigenvalue weighted by atomic mass is 35.5. The van der Waals surface area contributed by atoms with E-state index in [-0.39, 0.29) is 32.1 Å². The van der Waals surface area contributed by atoms with Gasteiger partial charge in [0, 0.05) is 5.69 Å². The Hall–Kier alpha value is -1.82. The molecule has 0 saturated heterocycles. The fourth-order valence-corrected chi connectivity index (χ4v) is 2.07. The summed E-state index contributed by atoms with van der Waals surface area (Å²) in [5.74, 6) is -1.81. The number of benzene rings is 1. The van der Waals surface area contributed by atoms with Crippen LogP contribution in [0.15, 0.2) is 30.3 Å². The molecule has 0 spiro atoms. The number of nitrogens with one attached hydrogen (secondary N) is 1. The molecule has 0 atom stereocenters. The standard InChI is InChI=1S/C13H7Cl3N2O3/c14-8-2-1-6(5-7(8)13(20)21)17-12(19)11-9(15)3-4-10(16)18-11/h1-5H,(H,17,19)(H,20,21). The van der Waals surface area contributed by atoms with Crippen LogP contribution in [-0.4, -0.2) is 22.0 Å². The molecule has 8 heteroatoms. The van der Waals surface area contributed by atoms with Crippen LogP contribution in [0, 0.1) is 0 Å². The van der Waals surface area contributed by atoms with E-state index in [4.69, 9.17) is 39.9 Å². The Morgan fingerprint density at radius 2 is 1.71 bits per heavy atom. The fourth-order valence-electron chi connectivity index (χ4n) is 1.53. The third-order valence-electron chi connectivity index (χ3n) is 2.48. The van der Waals surface area contributed by atoms with E-state index in [0.717, 1.165) is 0 Å². The SMILES string of the molecule is O=C(O)c1cc(NC(=O)c2nc(Cl)ccc2Cl)ccc1Cl. The van der Waals surface area contributed by atoms with E-state index in [9.17, 15) is 9.59 Å². The van der Waals surface area contributed by atoms with Crippen LogP contribution in [0.25, 0.3) is 0 Å². The highest BCUT2D eigenvalue weighted by Gasteiger charge is 2.15. The number of aromatic nitrogens is 1. The van der Waals surface area contributed by atoms with Crippen LogP contribution >= 0.6 is 34.8 Å². The minimum atomic E-state index is -1.20. The van der Waals surface area contributed by atoms with Gasteiger partial charge in [0.05, 0.1) is 15.6 Å². The number of hydrogen-bond acceptors (Lipinski definition) is 3. The van der Waals surface area contributed by atoms with Crippen molar-refractivity contribution in [1.82, 2.24) is 4.98 Å². The highest BCUT2D eigenvalue weighted by Crippen LogP contribution is 2.22. The van der Waals surface area contributed by atoms with E-state index >= 15 is 0 Å². The van der Waals surface area contributed by atoms with E-state index < -0.39 is 11.9 Å². The van der Waals surface area contributed by atoms with Gasteiger partial charge in [-0.2, -0.15) is 0 Å². The maximum absolute atomic E-state index is 12.1. The third kappa shape index (κ3) is 3.64. The molecule has 1 heterocycles. The first kappa shape index (κ1) is 15.6. The number of anilines is 1. The summed E-state index contributed by atoms with van der Waals surface area (Å²) in [5, 5.41) is 11.8. The molecule has 0 aliphatic carbocycles. The van der Waals surface area contributed by atoms with Crippen LogP contribution in [0.2, 0.25) is 15.2 Å². The van der Waals surface area contributed by atoms with Gasteiger partial charge in [-0.25, -0.2) is 9.78 Å². The average molecular weight is 346 g/mol. The summed E-state index contributed by atoms with van der Waals surface area (Å²) in [7, 11) is 0. The minimum Gasteiger partial charge on any atom is -0.478 e. The normalized spacial score (nSPS) is 10.2. The number of carbonyl (C=O) groups excluding carboxylic acids is 1. The summed E-state index contributed by atoms with van der Waals surface area (Å²) >= 11 is 17.3. The van der Waals surface area contributed by atoms with E-state index in [1.54, 1.807) is 0 Å². The van der Waals surface area contributed by atoms with Gasteiger partial charge in [-0.3, -0.25) is 4.79 Å². The van der Waals surface area contributed by atoms with Crippen molar-refractivity contribution in [2.24, 2.45) is 0 Å². The molecule has 0 radical (unpaired) electrons. The number of carbonyl (C=O) groups is 2. The van der Waals surface area contributed by atoms with Gasteiger partial charge in [0.15, 0.2) is 0 Å². The predicted octanol–water partition coefficient (Wildman–Crippen LogP) is 3.99. The molecule has 2 N–H and O–H groups in total.